The van der Waals surface area contributed by atoms with Gasteiger partial charge in [-0.2, -0.15) is 0 Å². The number of hydrogen-bond donors (Lipinski definition) is 0. The molecular weight excluding hydrogens is 228 g/mol. The SMILES string of the molecule is CCc1nnc(CN(C)CCc2ccncc2)o1. The predicted octanol–water partition coefficient (Wildman–Crippen LogP) is 1.70. The van der Waals surface area contributed by atoms with Gasteiger partial charge in [-0.25, -0.2) is 0 Å². The van der Waals surface area contributed by atoms with Crippen molar-refractivity contribution in [2.45, 2.75) is 26.3 Å². The van der Waals surface area contributed by atoms with E-state index in [9.17, 15) is 0 Å². The molecule has 0 aliphatic heterocycles. The topological polar surface area (TPSA) is 55.1 Å². The number of aryl methyl sites for hydroxylation is 1. The highest BCUT2D eigenvalue weighted by Gasteiger charge is 2.07. The number of nitrogens with zero attached hydrogens (tertiary/aromatic N) is 4. The largest absolute Gasteiger partial charge is 0.424 e. The Hall–Kier alpha value is -1.75. The fraction of sp³-hybridized carbons (Fsp3) is 0.462. The van der Waals surface area contributed by atoms with Crippen LogP contribution < -0.4 is 0 Å². The number of aromatic nitrogens is 3. The second-order valence-corrected chi connectivity index (χ2v) is 4.29. The van der Waals surface area contributed by atoms with Gasteiger partial charge < -0.3 is 4.42 Å². The third kappa shape index (κ3) is 3.63. The Morgan fingerprint density at radius 2 is 1.89 bits per heavy atom. The van der Waals surface area contributed by atoms with Gasteiger partial charge in [0.05, 0.1) is 6.54 Å². The van der Waals surface area contributed by atoms with Crippen LogP contribution in [-0.4, -0.2) is 33.7 Å². The van der Waals surface area contributed by atoms with Crippen LogP contribution in [-0.2, 0) is 19.4 Å². The van der Waals surface area contributed by atoms with Gasteiger partial charge in [-0.05, 0) is 31.2 Å². The molecule has 0 atom stereocenters. The van der Waals surface area contributed by atoms with Gasteiger partial charge in [0.2, 0.25) is 11.8 Å². The molecule has 18 heavy (non-hydrogen) atoms. The molecule has 96 valence electrons. The molecule has 0 bridgehead atoms. The van der Waals surface area contributed by atoms with Crippen molar-refractivity contribution in [1.82, 2.24) is 20.1 Å². The van der Waals surface area contributed by atoms with Crippen LogP contribution in [0.25, 0.3) is 0 Å². The predicted molar refractivity (Wildman–Crippen MR) is 68.0 cm³/mol. The molecule has 0 unspecified atom stereocenters. The van der Waals surface area contributed by atoms with E-state index < -0.39 is 0 Å². The molecule has 0 aromatic carbocycles. The fourth-order valence-electron chi connectivity index (χ4n) is 1.67. The second kappa shape index (κ2) is 6.26. The van der Waals surface area contributed by atoms with E-state index >= 15 is 0 Å². The maximum atomic E-state index is 5.48. The molecule has 0 saturated carbocycles. The molecule has 2 rings (SSSR count). The third-order valence-electron chi connectivity index (χ3n) is 2.75. The zero-order valence-corrected chi connectivity index (χ0v) is 10.8. The lowest BCUT2D eigenvalue weighted by Gasteiger charge is -2.13. The van der Waals surface area contributed by atoms with Gasteiger partial charge in [0.15, 0.2) is 0 Å². The second-order valence-electron chi connectivity index (χ2n) is 4.29. The van der Waals surface area contributed by atoms with Crippen LogP contribution in [0.15, 0.2) is 28.9 Å². The molecular formula is C13H18N4O. The van der Waals surface area contributed by atoms with E-state index in [0.717, 1.165) is 19.4 Å². The highest BCUT2D eigenvalue weighted by Crippen LogP contribution is 2.05. The van der Waals surface area contributed by atoms with Crippen LogP contribution in [0.2, 0.25) is 0 Å². The lowest BCUT2D eigenvalue weighted by molar-refractivity contribution is 0.287. The summed E-state index contributed by atoms with van der Waals surface area (Å²) < 4.78 is 5.48. The van der Waals surface area contributed by atoms with E-state index in [2.05, 4.69) is 27.1 Å². The zero-order chi connectivity index (χ0) is 12.8. The van der Waals surface area contributed by atoms with E-state index in [1.54, 1.807) is 0 Å². The van der Waals surface area contributed by atoms with Crippen molar-refractivity contribution in [3.05, 3.63) is 41.9 Å². The van der Waals surface area contributed by atoms with Gasteiger partial charge >= 0.3 is 0 Å². The maximum absolute atomic E-state index is 5.48. The Kier molecular flexibility index (Phi) is 4.41. The number of rotatable bonds is 6. The van der Waals surface area contributed by atoms with Crippen molar-refractivity contribution in [1.29, 1.82) is 0 Å². The molecule has 0 amide bonds. The molecule has 5 nitrogen and oxygen atoms in total. The average molecular weight is 246 g/mol. The van der Waals surface area contributed by atoms with E-state index in [1.165, 1.54) is 5.56 Å². The highest BCUT2D eigenvalue weighted by atomic mass is 16.4. The standard InChI is InChI=1S/C13H18N4O/c1-3-12-15-16-13(18-12)10-17(2)9-6-11-4-7-14-8-5-11/h4-5,7-8H,3,6,9-10H2,1-2H3. The summed E-state index contributed by atoms with van der Waals surface area (Å²) in [6, 6.07) is 4.07. The molecule has 0 fully saturated rings. The first kappa shape index (κ1) is 12.7. The summed E-state index contributed by atoms with van der Waals surface area (Å²) in [6.07, 6.45) is 5.42. The van der Waals surface area contributed by atoms with Crippen molar-refractivity contribution in [3.63, 3.8) is 0 Å². The van der Waals surface area contributed by atoms with Gasteiger partial charge in [-0.1, -0.05) is 6.92 Å². The molecule has 0 N–H and O–H groups in total. The van der Waals surface area contributed by atoms with Crippen LogP contribution in [0.1, 0.15) is 24.3 Å². The average Bonchev–Trinajstić information content (AvgIpc) is 2.85. The van der Waals surface area contributed by atoms with Crippen molar-refractivity contribution in [3.8, 4) is 0 Å². The Labute approximate surface area is 107 Å². The Balaban J connectivity index is 1.80. The summed E-state index contributed by atoms with van der Waals surface area (Å²) in [7, 11) is 2.05. The van der Waals surface area contributed by atoms with E-state index in [0.29, 0.717) is 18.3 Å². The molecule has 5 heteroatoms. The fourth-order valence-corrected chi connectivity index (χ4v) is 1.67. The van der Waals surface area contributed by atoms with Gasteiger partial charge in [-0.3, -0.25) is 9.88 Å². The third-order valence-corrected chi connectivity index (χ3v) is 2.75. The van der Waals surface area contributed by atoms with Crippen LogP contribution in [0, 0.1) is 0 Å². The quantitative estimate of drug-likeness (QED) is 0.776. The summed E-state index contributed by atoms with van der Waals surface area (Å²) in [4.78, 5) is 6.18. The molecule has 0 spiro atoms. The van der Waals surface area contributed by atoms with Crippen molar-refractivity contribution < 1.29 is 4.42 Å². The van der Waals surface area contributed by atoms with Gasteiger partial charge in [0, 0.05) is 25.4 Å². The van der Waals surface area contributed by atoms with Crippen molar-refractivity contribution in [2.24, 2.45) is 0 Å². The van der Waals surface area contributed by atoms with E-state index in [-0.39, 0.29) is 0 Å². The van der Waals surface area contributed by atoms with Gasteiger partial charge in [-0.15, -0.1) is 10.2 Å². The van der Waals surface area contributed by atoms with Crippen LogP contribution in [0.3, 0.4) is 0 Å². The summed E-state index contributed by atoms with van der Waals surface area (Å²) in [5, 5.41) is 7.97. The smallest absolute Gasteiger partial charge is 0.230 e. The van der Waals surface area contributed by atoms with Crippen molar-refractivity contribution in [2.75, 3.05) is 13.6 Å². The molecule has 2 heterocycles. The molecule has 2 aromatic heterocycles. The first-order valence-corrected chi connectivity index (χ1v) is 6.16. The van der Waals surface area contributed by atoms with Crippen LogP contribution in [0.4, 0.5) is 0 Å². The highest BCUT2D eigenvalue weighted by molar-refractivity contribution is 5.09. The minimum absolute atomic E-state index is 0.684. The minimum atomic E-state index is 0.684. The summed E-state index contributed by atoms with van der Waals surface area (Å²) in [5.74, 6) is 1.39. The van der Waals surface area contributed by atoms with Gasteiger partial charge in [0.1, 0.15) is 0 Å². The number of hydrogen-bond acceptors (Lipinski definition) is 5. The van der Waals surface area contributed by atoms with Gasteiger partial charge in [0.25, 0.3) is 0 Å². The molecule has 0 aliphatic rings. The van der Waals surface area contributed by atoms with Crippen molar-refractivity contribution >= 4 is 0 Å². The first-order valence-electron chi connectivity index (χ1n) is 6.16. The lowest BCUT2D eigenvalue weighted by Crippen LogP contribution is -2.20. The molecule has 2 aromatic rings. The number of pyridine rings is 1. The molecule has 0 saturated heterocycles. The molecule has 0 aliphatic carbocycles. The Bertz CT molecular complexity index is 469. The lowest BCUT2D eigenvalue weighted by atomic mass is 10.2. The summed E-state index contributed by atoms with van der Waals surface area (Å²) in [6.45, 7) is 3.65. The Morgan fingerprint density at radius 3 is 2.56 bits per heavy atom. The zero-order valence-electron chi connectivity index (χ0n) is 10.8. The normalized spacial score (nSPS) is 11.1. The monoisotopic (exact) mass is 246 g/mol. The molecule has 0 radical (unpaired) electrons. The summed E-state index contributed by atoms with van der Waals surface area (Å²) >= 11 is 0. The minimum Gasteiger partial charge on any atom is -0.424 e. The maximum Gasteiger partial charge on any atom is 0.230 e. The Morgan fingerprint density at radius 1 is 1.17 bits per heavy atom. The first-order chi connectivity index (χ1) is 8.78. The summed E-state index contributed by atoms with van der Waals surface area (Å²) in [5.41, 5.74) is 1.29. The van der Waals surface area contributed by atoms with E-state index in [1.807, 2.05) is 31.5 Å². The van der Waals surface area contributed by atoms with E-state index in [4.69, 9.17) is 4.42 Å². The van der Waals surface area contributed by atoms with Crippen LogP contribution in [0.5, 0.6) is 0 Å². The number of likely N-dealkylation sites (N-methyl/N-ethyl adjacent to an activating group) is 1. The van der Waals surface area contributed by atoms with Crippen LogP contribution >= 0.6 is 0 Å².